The van der Waals surface area contributed by atoms with E-state index in [2.05, 4.69) is 29.3 Å². The first-order chi connectivity index (χ1) is 9.83. The summed E-state index contributed by atoms with van der Waals surface area (Å²) >= 11 is 1.83. The van der Waals surface area contributed by atoms with Crippen molar-refractivity contribution in [2.45, 2.75) is 64.2 Å². The molecule has 20 heavy (non-hydrogen) atoms. The van der Waals surface area contributed by atoms with Gasteiger partial charge in [-0.05, 0) is 37.5 Å². The van der Waals surface area contributed by atoms with Crippen molar-refractivity contribution >= 4 is 11.8 Å². The lowest BCUT2D eigenvalue weighted by Crippen LogP contribution is -2.37. The Morgan fingerprint density at radius 1 is 1.35 bits per heavy atom. The van der Waals surface area contributed by atoms with Crippen molar-refractivity contribution < 1.29 is 4.52 Å². The number of nitrogens with one attached hydrogen (secondary N) is 1. The van der Waals surface area contributed by atoms with Gasteiger partial charge in [-0.2, -0.15) is 16.7 Å². The molecular formula is C15H27N3OS. The third-order valence-electron chi connectivity index (χ3n) is 3.97. The Kier molecular flexibility index (Phi) is 6.87. The Morgan fingerprint density at radius 2 is 2.15 bits per heavy atom. The molecular weight excluding hydrogens is 270 g/mol. The van der Waals surface area contributed by atoms with Crippen LogP contribution >= 0.6 is 11.8 Å². The average Bonchev–Trinajstić information content (AvgIpc) is 3.12. The molecule has 0 amide bonds. The van der Waals surface area contributed by atoms with Crippen LogP contribution in [0.5, 0.6) is 0 Å². The molecule has 0 aliphatic heterocycles. The van der Waals surface area contributed by atoms with E-state index in [4.69, 9.17) is 4.52 Å². The Hall–Kier alpha value is -0.550. The van der Waals surface area contributed by atoms with E-state index >= 15 is 0 Å². The van der Waals surface area contributed by atoms with Gasteiger partial charge >= 0.3 is 0 Å². The maximum absolute atomic E-state index is 5.42. The monoisotopic (exact) mass is 297 g/mol. The van der Waals surface area contributed by atoms with E-state index in [1.807, 2.05) is 11.8 Å². The number of hydrogen-bond acceptors (Lipinski definition) is 5. The summed E-state index contributed by atoms with van der Waals surface area (Å²) in [5, 5.41) is 7.76. The SMILES string of the molecule is CCCNC(Cc1nc(CSCC)no1)C1CCCC1. The zero-order chi connectivity index (χ0) is 14.2. The van der Waals surface area contributed by atoms with Gasteiger partial charge in [0.2, 0.25) is 5.89 Å². The van der Waals surface area contributed by atoms with Crippen LogP contribution in [0.4, 0.5) is 0 Å². The summed E-state index contributed by atoms with van der Waals surface area (Å²) in [5.41, 5.74) is 0. The second-order valence-corrected chi connectivity index (χ2v) is 6.83. The maximum atomic E-state index is 5.42. The molecule has 1 aromatic rings. The van der Waals surface area contributed by atoms with E-state index in [0.717, 1.165) is 42.1 Å². The first kappa shape index (κ1) is 15.8. The van der Waals surface area contributed by atoms with E-state index in [0.29, 0.717) is 6.04 Å². The van der Waals surface area contributed by atoms with E-state index in [1.54, 1.807) is 0 Å². The van der Waals surface area contributed by atoms with Crippen LogP contribution in [0.15, 0.2) is 4.52 Å². The van der Waals surface area contributed by atoms with Crippen LogP contribution in [-0.4, -0.2) is 28.5 Å². The maximum Gasteiger partial charge on any atom is 0.228 e. The highest BCUT2D eigenvalue weighted by molar-refractivity contribution is 7.98. The fourth-order valence-electron chi connectivity index (χ4n) is 2.91. The number of thioether (sulfide) groups is 1. The molecule has 0 saturated heterocycles. The molecule has 1 aliphatic rings. The van der Waals surface area contributed by atoms with Crippen molar-refractivity contribution in [2.24, 2.45) is 5.92 Å². The number of aromatic nitrogens is 2. The van der Waals surface area contributed by atoms with E-state index in [9.17, 15) is 0 Å². The van der Waals surface area contributed by atoms with Gasteiger partial charge in [0.15, 0.2) is 5.82 Å². The fourth-order valence-corrected chi connectivity index (χ4v) is 3.41. The number of nitrogens with zero attached hydrogens (tertiary/aromatic N) is 2. The van der Waals surface area contributed by atoms with Crippen LogP contribution in [0.25, 0.3) is 0 Å². The Bertz CT molecular complexity index is 377. The summed E-state index contributed by atoms with van der Waals surface area (Å²) in [6.45, 7) is 5.44. The van der Waals surface area contributed by atoms with Gasteiger partial charge < -0.3 is 9.84 Å². The Morgan fingerprint density at radius 3 is 2.85 bits per heavy atom. The van der Waals surface area contributed by atoms with Crippen LogP contribution < -0.4 is 5.32 Å². The molecule has 1 unspecified atom stereocenters. The van der Waals surface area contributed by atoms with E-state index in [-0.39, 0.29) is 0 Å². The molecule has 0 bridgehead atoms. The number of rotatable bonds is 9. The predicted octanol–water partition coefficient (Wildman–Crippen LogP) is 3.42. The standard InChI is InChI=1S/C15H27N3OS/c1-3-9-16-13(12-7-5-6-8-12)10-15-17-14(18-19-15)11-20-4-2/h12-13,16H,3-11H2,1-2H3. The quantitative estimate of drug-likeness (QED) is 0.757. The van der Waals surface area contributed by atoms with Crippen LogP contribution in [-0.2, 0) is 12.2 Å². The third kappa shape index (κ3) is 4.77. The van der Waals surface area contributed by atoms with Crippen LogP contribution in [0.2, 0.25) is 0 Å². The summed E-state index contributed by atoms with van der Waals surface area (Å²) < 4.78 is 5.42. The highest BCUT2D eigenvalue weighted by Gasteiger charge is 2.26. The normalized spacial score (nSPS) is 17.7. The van der Waals surface area contributed by atoms with Gasteiger partial charge in [0.25, 0.3) is 0 Å². The molecule has 4 nitrogen and oxygen atoms in total. The molecule has 0 spiro atoms. The molecule has 114 valence electrons. The lowest BCUT2D eigenvalue weighted by Gasteiger charge is -2.23. The average molecular weight is 297 g/mol. The van der Waals surface area contributed by atoms with Crippen molar-refractivity contribution in [1.82, 2.24) is 15.5 Å². The largest absolute Gasteiger partial charge is 0.339 e. The van der Waals surface area contributed by atoms with Crippen molar-refractivity contribution in [2.75, 3.05) is 12.3 Å². The fraction of sp³-hybridized carbons (Fsp3) is 0.867. The lowest BCUT2D eigenvalue weighted by atomic mass is 9.95. The number of hydrogen-bond donors (Lipinski definition) is 1. The molecule has 1 N–H and O–H groups in total. The summed E-state index contributed by atoms with van der Waals surface area (Å²) in [7, 11) is 0. The second kappa shape index (κ2) is 8.67. The Balaban J connectivity index is 1.90. The zero-order valence-corrected chi connectivity index (χ0v) is 13.5. The molecule has 0 radical (unpaired) electrons. The van der Waals surface area contributed by atoms with Gasteiger partial charge in [0.05, 0.1) is 5.75 Å². The van der Waals surface area contributed by atoms with E-state index < -0.39 is 0 Å². The van der Waals surface area contributed by atoms with Gasteiger partial charge in [-0.1, -0.05) is 31.8 Å². The minimum absolute atomic E-state index is 0.504. The molecule has 2 rings (SSSR count). The summed E-state index contributed by atoms with van der Waals surface area (Å²) in [6, 6.07) is 0.504. The molecule has 1 fully saturated rings. The van der Waals surface area contributed by atoms with E-state index in [1.165, 1.54) is 32.1 Å². The van der Waals surface area contributed by atoms with Crippen LogP contribution in [0.1, 0.15) is 57.7 Å². The van der Waals surface area contributed by atoms with Crippen molar-refractivity contribution in [3.63, 3.8) is 0 Å². The van der Waals surface area contributed by atoms with Gasteiger partial charge in [-0.3, -0.25) is 0 Å². The highest BCUT2D eigenvalue weighted by Crippen LogP contribution is 2.29. The minimum atomic E-state index is 0.504. The predicted molar refractivity (Wildman–Crippen MR) is 83.9 cm³/mol. The summed E-state index contributed by atoms with van der Waals surface area (Å²) in [5.74, 6) is 4.37. The van der Waals surface area contributed by atoms with Crippen molar-refractivity contribution in [3.05, 3.63) is 11.7 Å². The van der Waals surface area contributed by atoms with Crippen molar-refractivity contribution in [1.29, 1.82) is 0 Å². The minimum Gasteiger partial charge on any atom is -0.339 e. The molecule has 1 atom stereocenters. The highest BCUT2D eigenvalue weighted by atomic mass is 32.2. The van der Waals surface area contributed by atoms with Crippen molar-refractivity contribution in [3.8, 4) is 0 Å². The third-order valence-corrected chi connectivity index (χ3v) is 4.84. The smallest absolute Gasteiger partial charge is 0.228 e. The molecule has 0 aromatic carbocycles. The second-order valence-electron chi connectivity index (χ2n) is 5.55. The lowest BCUT2D eigenvalue weighted by molar-refractivity contribution is 0.307. The van der Waals surface area contributed by atoms with Crippen LogP contribution in [0, 0.1) is 5.92 Å². The van der Waals surface area contributed by atoms with Gasteiger partial charge in [0, 0.05) is 12.5 Å². The summed E-state index contributed by atoms with van der Waals surface area (Å²) in [6.07, 6.45) is 7.48. The van der Waals surface area contributed by atoms with Crippen LogP contribution in [0.3, 0.4) is 0 Å². The first-order valence-corrected chi connectivity index (χ1v) is 9.11. The first-order valence-electron chi connectivity index (χ1n) is 7.96. The molecule has 1 aromatic heterocycles. The van der Waals surface area contributed by atoms with Gasteiger partial charge in [-0.15, -0.1) is 0 Å². The Labute approximate surface area is 126 Å². The van der Waals surface area contributed by atoms with Gasteiger partial charge in [0.1, 0.15) is 0 Å². The molecule has 5 heteroatoms. The molecule has 1 saturated carbocycles. The van der Waals surface area contributed by atoms with Gasteiger partial charge in [-0.25, -0.2) is 0 Å². The zero-order valence-electron chi connectivity index (χ0n) is 12.7. The molecule has 1 aliphatic carbocycles. The summed E-state index contributed by atoms with van der Waals surface area (Å²) in [4.78, 5) is 4.53. The molecule has 1 heterocycles. The topological polar surface area (TPSA) is 51.0 Å².